The van der Waals surface area contributed by atoms with Crippen LogP contribution in [0.1, 0.15) is 123 Å². The lowest BCUT2D eigenvalue weighted by Crippen LogP contribution is -2.42. The zero-order chi connectivity index (χ0) is 26.9. The first-order chi connectivity index (χ1) is 17.5. The third-order valence-electron chi connectivity index (χ3n) is 6.90. The monoisotopic (exact) mass is 532 g/mol. The minimum Gasteiger partial charge on any atom is -0.466 e. The van der Waals surface area contributed by atoms with Crippen molar-refractivity contribution in [2.75, 3.05) is 34.5 Å². The molecule has 0 heterocycles. The van der Waals surface area contributed by atoms with Crippen molar-refractivity contribution in [2.45, 2.75) is 129 Å². The second-order valence-electron chi connectivity index (χ2n) is 9.73. The number of carbonyl (C=O) groups excluding carboxylic acids is 2. The van der Waals surface area contributed by atoms with Crippen LogP contribution in [0.3, 0.4) is 0 Å². The quantitative estimate of drug-likeness (QED) is 0.0660. The van der Waals surface area contributed by atoms with Gasteiger partial charge in [-0.15, -0.1) is 0 Å². The maximum Gasteiger partial charge on any atom is 0.500 e. The van der Waals surface area contributed by atoms with Gasteiger partial charge in [-0.05, 0) is 44.4 Å². The summed E-state index contributed by atoms with van der Waals surface area (Å²) in [5, 5.41) is 0. The van der Waals surface area contributed by atoms with Crippen molar-refractivity contribution in [3.63, 3.8) is 0 Å². The van der Waals surface area contributed by atoms with Gasteiger partial charge >= 0.3 is 20.7 Å². The number of rotatable bonds is 26. The van der Waals surface area contributed by atoms with Gasteiger partial charge in [0.1, 0.15) is 0 Å². The molecule has 0 spiro atoms. The Hall–Kier alpha value is -0.963. The third-order valence-corrected chi connectivity index (χ3v) is 9.73. The van der Waals surface area contributed by atoms with Crippen molar-refractivity contribution in [3.05, 3.63) is 0 Å². The predicted molar refractivity (Wildman–Crippen MR) is 147 cm³/mol. The highest BCUT2D eigenvalue weighted by Gasteiger charge is 2.36. The molecule has 0 saturated heterocycles. The Morgan fingerprint density at radius 2 is 1.08 bits per heavy atom. The first kappa shape index (κ1) is 35.0. The van der Waals surface area contributed by atoms with Gasteiger partial charge in [-0.1, -0.05) is 71.6 Å². The summed E-state index contributed by atoms with van der Waals surface area (Å²) in [6.45, 7) is 5.50. The molecule has 0 aromatic heterocycles. The summed E-state index contributed by atoms with van der Waals surface area (Å²) < 4.78 is 26.9. The zero-order valence-corrected chi connectivity index (χ0v) is 25.1. The Morgan fingerprint density at radius 3 is 1.61 bits per heavy atom. The summed E-state index contributed by atoms with van der Waals surface area (Å²) in [6.07, 6.45) is 17.3. The van der Waals surface area contributed by atoms with Gasteiger partial charge in [-0.2, -0.15) is 0 Å². The molecule has 214 valence electrons. The van der Waals surface area contributed by atoms with E-state index in [0.717, 1.165) is 63.7 Å². The smallest absolute Gasteiger partial charge is 0.466 e. The van der Waals surface area contributed by atoms with Crippen LogP contribution in [-0.2, 0) is 32.3 Å². The van der Waals surface area contributed by atoms with E-state index in [2.05, 4.69) is 13.8 Å². The lowest BCUT2D eigenvalue weighted by atomic mass is 9.93. The van der Waals surface area contributed by atoms with E-state index < -0.39 is 8.80 Å². The summed E-state index contributed by atoms with van der Waals surface area (Å²) in [6, 6.07) is 0.705. The average molecular weight is 533 g/mol. The van der Waals surface area contributed by atoms with Gasteiger partial charge in [0.05, 0.1) is 13.2 Å². The van der Waals surface area contributed by atoms with Crippen LogP contribution in [-0.4, -0.2) is 55.3 Å². The molecule has 0 aromatic carbocycles. The van der Waals surface area contributed by atoms with Gasteiger partial charge < -0.3 is 22.8 Å². The van der Waals surface area contributed by atoms with E-state index in [1.165, 1.54) is 38.5 Å². The van der Waals surface area contributed by atoms with E-state index in [9.17, 15) is 9.59 Å². The lowest BCUT2D eigenvalue weighted by molar-refractivity contribution is -0.144. The van der Waals surface area contributed by atoms with E-state index in [1.807, 2.05) is 0 Å². The van der Waals surface area contributed by atoms with Gasteiger partial charge in [0.15, 0.2) is 0 Å². The fourth-order valence-electron chi connectivity index (χ4n) is 4.36. The molecule has 0 N–H and O–H groups in total. The SMILES string of the molecule is CCCCCC(=O)OCCCCCCCC(CC)CCCCOC(=O)CCCC[Si](OC)(OC)OC. The average Bonchev–Trinajstić information content (AvgIpc) is 2.89. The van der Waals surface area contributed by atoms with E-state index in [4.69, 9.17) is 22.8 Å². The number of esters is 2. The molecule has 0 aromatic rings. The Bertz CT molecular complexity index is 518. The first-order valence-electron chi connectivity index (χ1n) is 14.4. The molecule has 1 unspecified atom stereocenters. The lowest BCUT2D eigenvalue weighted by Gasteiger charge is -2.24. The minimum atomic E-state index is -2.54. The maximum atomic E-state index is 12.0. The van der Waals surface area contributed by atoms with Crippen LogP contribution >= 0.6 is 0 Å². The van der Waals surface area contributed by atoms with E-state index >= 15 is 0 Å². The standard InChI is InChI=1S/C28H56O7Si/c1-6-8-12-21-27(29)34-23-16-11-9-10-13-19-26(7-2)20-14-17-24-35-28(30)22-15-18-25-36(31-3,32-4)33-5/h26H,6-25H2,1-5H3. The summed E-state index contributed by atoms with van der Waals surface area (Å²) in [5.74, 6) is 0.605. The van der Waals surface area contributed by atoms with Gasteiger partial charge in [0.2, 0.25) is 0 Å². The van der Waals surface area contributed by atoms with Crippen LogP contribution in [0.2, 0.25) is 6.04 Å². The Labute approximate surface area is 222 Å². The summed E-state index contributed by atoms with van der Waals surface area (Å²) in [5.41, 5.74) is 0. The van der Waals surface area contributed by atoms with E-state index in [1.54, 1.807) is 21.3 Å². The highest BCUT2D eigenvalue weighted by atomic mass is 28.4. The fraction of sp³-hybridized carbons (Fsp3) is 0.929. The Morgan fingerprint density at radius 1 is 0.611 bits per heavy atom. The van der Waals surface area contributed by atoms with Crippen LogP contribution in [0.25, 0.3) is 0 Å². The molecule has 0 aliphatic carbocycles. The summed E-state index contributed by atoms with van der Waals surface area (Å²) in [7, 11) is 2.28. The van der Waals surface area contributed by atoms with Crippen LogP contribution < -0.4 is 0 Å². The molecule has 0 aliphatic rings. The van der Waals surface area contributed by atoms with Crippen molar-refractivity contribution in [1.82, 2.24) is 0 Å². The first-order valence-corrected chi connectivity index (χ1v) is 16.4. The van der Waals surface area contributed by atoms with E-state index in [0.29, 0.717) is 32.1 Å². The largest absolute Gasteiger partial charge is 0.500 e. The molecule has 0 aliphatic heterocycles. The van der Waals surface area contributed by atoms with Gasteiger partial charge in [0.25, 0.3) is 0 Å². The van der Waals surface area contributed by atoms with Crippen LogP contribution in [0, 0.1) is 5.92 Å². The maximum absolute atomic E-state index is 12.0. The van der Waals surface area contributed by atoms with Crippen molar-refractivity contribution >= 4 is 20.7 Å². The number of hydrogen-bond acceptors (Lipinski definition) is 7. The molecule has 0 fully saturated rings. The molecule has 0 amide bonds. The van der Waals surface area contributed by atoms with Crippen molar-refractivity contribution in [2.24, 2.45) is 5.92 Å². The molecule has 0 radical (unpaired) electrons. The third kappa shape index (κ3) is 19.2. The number of unbranched alkanes of at least 4 members (excludes halogenated alkanes) is 8. The highest BCUT2D eigenvalue weighted by Crippen LogP contribution is 2.21. The fourth-order valence-corrected chi connectivity index (χ4v) is 6.15. The molecule has 1 atom stereocenters. The number of ether oxygens (including phenoxy) is 2. The summed E-state index contributed by atoms with van der Waals surface area (Å²) >= 11 is 0. The van der Waals surface area contributed by atoms with E-state index in [-0.39, 0.29) is 11.9 Å². The normalized spacial score (nSPS) is 12.5. The second-order valence-corrected chi connectivity index (χ2v) is 12.8. The van der Waals surface area contributed by atoms with Gasteiger partial charge in [0, 0.05) is 40.2 Å². The van der Waals surface area contributed by atoms with Crippen molar-refractivity contribution < 1.29 is 32.3 Å². The number of hydrogen-bond donors (Lipinski definition) is 0. The highest BCUT2D eigenvalue weighted by molar-refractivity contribution is 6.60. The predicted octanol–water partition coefficient (Wildman–Crippen LogP) is 7.24. The minimum absolute atomic E-state index is 0.0376. The van der Waals surface area contributed by atoms with Gasteiger partial charge in [-0.25, -0.2) is 0 Å². The molecular weight excluding hydrogens is 476 g/mol. The molecule has 0 saturated carbocycles. The Kier molecular flexibility index (Phi) is 23.7. The topological polar surface area (TPSA) is 80.3 Å². The molecule has 0 bridgehead atoms. The number of carbonyl (C=O) groups is 2. The van der Waals surface area contributed by atoms with Gasteiger partial charge in [-0.3, -0.25) is 9.59 Å². The van der Waals surface area contributed by atoms with Crippen LogP contribution in [0.15, 0.2) is 0 Å². The molecular formula is C28H56O7Si. The van der Waals surface area contributed by atoms with Crippen LogP contribution in [0.5, 0.6) is 0 Å². The second kappa shape index (κ2) is 24.4. The Balaban J connectivity index is 3.63. The molecule has 7 nitrogen and oxygen atoms in total. The molecule has 8 heteroatoms. The molecule has 36 heavy (non-hydrogen) atoms. The zero-order valence-electron chi connectivity index (χ0n) is 24.1. The van der Waals surface area contributed by atoms with Crippen molar-refractivity contribution in [1.29, 1.82) is 0 Å². The molecule has 0 rings (SSSR count). The van der Waals surface area contributed by atoms with Crippen molar-refractivity contribution in [3.8, 4) is 0 Å². The van der Waals surface area contributed by atoms with Crippen LogP contribution in [0.4, 0.5) is 0 Å². The summed E-state index contributed by atoms with van der Waals surface area (Å²) in [4.78, 5) is 23.5.